The molecule has 0 spiro atoms. The summed E-state index contributed by atoms with van der Waals surface area (Å²) in [7, 11) is 1.93. The van der Waals surface area contributed by atoms with Gasteiger partial charge in [-0.25, -0.2) is 0 Å². The SMILES string of the molecule is CCNC(COC(C)C)c1ccn(C)n1. The molecular weight excluding hydrogens is 190 g/mol. The lowest BCUT2D eigenvalue weighted by Crippen LogP contribution is -2.27. The van der Waals surface area contributed by atoms with E-state index < -0.39 is 0 Å². The first-order valence-electron chi connectivity index (χ1n) is 5.48. The Bertz CT molecular complexity index is 283. The minimum atomic E-state index is 0.193. The average molecular weight is 211 g/mol. The van der Waals surface area contributed by atoms with Crippen molar-refractivity contribution in [1.82, 2.24) is 15.1 Å². The predicted octanol–water partition coefficient (Wildman–Crippen LogP) is 1.50. The summed E-state index contributed by atoms with van der Waals surface area (Å²) in [6.07, 6.45) is 2.21. The van der Waals surface area contributed by atoms with E-state index in [1.165, 1.54) is 0 Å². The van der Waals surface area contributed by atoms with Crippen molar-refractivity contribution < 1.29 is 4.74 Å². The third kappa shape index (κ3) is 4.01. The smallest absolute Gasteiger partial charge is 0.0817 e. The van der Waals surface area contributed by atoms with Gasteiger partial charge in [0.25, 0.3) is 0 Å². The van der Waals surface area contributed by atoms with Crippen molar-refractivity contribution in [3.8, 4) is 0 Å². The molecular formula is C11H21N3O. The molecule has 1 aromatic rings. The third-order valence-corrected chi connectivity index (χ3v) is 2.14. The molecule has 0 amide bonds. The second kappa shape index (κ2) is 5.88. The summed E-state index contributed by atoms with van der Waals surface area (Å²) in [5, 5.41) is 7.75. The molecule has 0 saturated heterocycles. The Morgan fingerprint density at radius 1 is 1.53 bits per heavy atom. The maximum Gasteiger partial charge on any atom is 0.0817 e. The summed E-state index contributed by atoms with van der Waals surface area (Å²) in [6.45, 7) is 7.76. The van der Waals surface area contributed by atoms with Gasteiger partial charge in [0.1, 0.15) is 0 Å². The van der Waals surface area contributed by atoms with Crippen LogP contribution in [0.5, 0.6) is 0 Å². The number of hydrogen-bond acceptors (Lipinski definition) is 3. The molecule has 1 N–H and O–H groups in total. The van der Waals surface area contributed by atoms with Crippen molar-refractivity contribution in [2.45, 2.75) is 32.9 Å². The molecule has 15 heavy (non-hydrogen) atoms. The van der Waals surface area contributed by atoms with Gasteiger partial charge in [-0.05, 0) is 26.5 Å². The summed E-state index contributed by atoms with van der Waals surface area (Å²) >= 11 is 0. The Balaban J connectivity index is 2.57. The summed E-state index contributed by atoms with van der Waals surface area (Å²) in [5.74, 6) is 0. The molecule has 0 fully saturated rings. The number of nitrogens with zero attached hydrogens (tertiary/aromatic N) is 2. The van der Waals surface area contributed by atoms with Crippen LogP contribution in [0, 0.1) is 0 Å². The van der Waals surface area contributed by atoms with E-state index in [1.54, 1.807) is 0 Å². The van der Waals surface area contributed by atoms with Gasteiger partial charge in [-0.3, -0.25) is 4.68 Å². The molecule has 0 bridgehead atoms. The first-order valence-corrected chi connectivity index (χ1v) is 5.48. The fourth-order valence-corrected chi connectivity index (χ4v) is 1.40. The van der Waals surface area contributed by atoms with E-state index in [2.05, 4.69) is 17.3 Å². The Labute approximate surface area is 91.6 Å². The largest absolute Gasteiger partial charge is 0.377 e. The highest BCUT2D eigenvalue weighted by molar-refractivity contribution is 5.05. The molecule has 0 aromatic carbocycles. The van der Waals surface area contributed by atoms with Gasteiger partial charge in [0.2, 0.25) is 0 Å². The molecule has 0 aliphatic heterocycles. The Morgan fingerprint density at radius 2 is 2.27 bits per heavy atom. The van der Waals surface area contributed by atoms with Gasteiger partial charge in [0.15, 0.2) is 0 Å². The zero-order valence-corrected chi connectivity index (χ0v) is 10.0. The molecule has 0 aliphatic rings. The maximum absolute atomic E-state index is 5.61. The van der Waals surface area contributed by atoms with Gasteiger partial charge in [-0.15, -0.1) is 0 Å². The highest BCUT2D eigenvalue weighted by Gasteiger charge is 2.13. The van der Waals surface area contributed by atoms with E-state index in [4.69, 9.17) is 4.74 Å². The number of aromatic nitrogens is 2. The topological polar surface area (TPSA) is 39.1 Å². The number of likely N-dealkylation sites (N-methyl/N-ethyl adjacent to an activating group) is 1. The van der Waals surface area contributed by atoms with Gasteiger partial charge in [0.05, 0.1) is 24.4 Å². The first kappa shape index (κ1) is 12.2. The van der Waals surface area contributed by atoms with Crippen molar-refractivity contribution in [3.63, 3.8) is 0 Å². The van der Waals surface area contributed by atoms with Crippen LogP contribution in [0.2, 0.25) is 0 Å². The molecule has 0 radical (unpaired) electrons. The fraction of sp³-hybridized carbons (Fsp3) is 0.727. The van der Waals surface area contributed by atoms with Crippen molar-refractivity contribution in [3.05, 3.63) is 18.0 Å². The van der Waals surface area contributed by atoms with E-state index in [1.807, 2.05) is 37.8 Å². The zero-order chi connectivity index (χ0) is 11.3. The minimum Gasteiger partial charge on any atom is -0.377 e. The summed E-state index contributed by atoms with van der Waals surface area (Å²) in [4.78, 5) is 0. The monoisotopic (exact) mass is 211 g/mol. The van der Waals surface area contributed by atoms with E-state index >= 15 is 0 Å². The summed E-state index contributed by atoms with van der Waals surface area (Å²) < 4.78 is 7.42. The standard InChI is InChI=1S/C11H21N3O/c1-5-12-11(8-15-9(2)3)10-6-7-14(4)13-10/h6-7,9,11-12H,5,8H2,1-4H3. The second-order valence-corrected chi connectivity index (χ2v) is 3.91. The van der Waals surface area contributed by atoms with Crippen LogP contribution < -0.4 is 5.32 Å². The van der Waals surface area contributed by atoms with Crippen LogP contribution >= 0.6 is 0 Å². The summed E-state index contributed by atoms with van der Waals surface area (Å²) in [5.41, 5.74) is 1.04. The Hall–Kier alpha value is -0.870. The molecule has 1 heterocycles. The van der Waals surface area contributed by atoms with E-state index in [0.29, 0.717) is 6.61 Å². The first-order chi connectivity index (χ1) is 7.13. The molecule has 1 rings (SSSR count). The number of aryl methyl sites for hydroxylation is 1. The van der Waals surface area contributed by atoms with Gasteiger partial charge < -0.3 is 10.1 Å². The average Bonchev–Trinajstić information content (AvgIpc) is 2.59. The quantitative estimate of drug-likeness (QED) is 0.775. The van der Waals surface area contributed by atoms with Gasteiger partial charge in [0, 0.05) is 13.2 Å². The molecule has 1 atom stereocenters. The van der Waals surface area contributed by atoms with E-state index in [9.17, 15) is 0 Å². The molecule has 1 aromatic heterocycles. The lowest BCUT2D eigenvalue weighted by atomic mass is 10.2. The van der Waals surface area contributed by atoms with Crippen LogP contribution in [0.3, 0.4) is 0 Å². The Kier molecular flexibility index (Phi) is 4.78. The highest BCUT2D eigenvalue weighted by Crippen LogP contribution is 2.11. The number of nitrogens with one attached hydrogen (secondary N) is 1. The van der Waals surface area contributed by atoms with E-state index in [-0.39, 0.29) is 12.1 Å². The van der Waals surface area contributed by atoms with Crippen molar-refractivity contribution in [1.29, 1.82) is 0 Å². The molecule has 4 heteroatoms. The van der Waals surface area contributed by atoms with Crippen LogP contribution in [-0.2, 0) is 11.8 Å². The van der Waals surface area contributed by atoms with Crippen LogP contribution in [0.1, 0.15) is 32.5 Å². The van der Waals surface area contributed by atoms with Crippen LogP contribution in [0.25, 0.3) is 0 Å². The summed E-state index contributed by atoms with van der Waals surface area (Å²) in [6, 6.07) is 2.22. The molecule has 86 valence electrons. The molecule has 0 aliphatic carbocycles. The van der Waals surface area contributed by atoms with Crippen molar-refractivity contribution >= 4 is 0 Å². The van der Waals surface area contributed by atoms with Crippen molar-refractivity contribution in [2.75, 3.05) is 13.2 Å². The number of hydrogen-bond donors (Lipinski definition) is 1. The predicted molar refractivity (Wildman–Crippen MR) is 60.7 cm³/mol. The number of rotatable bonds is 6. The lowest BCUT2D eigenvalue weighted by molar-refractivity contribution is 0.0605. The van der Waals surface area contributed by atoms with Crippen molar-refractivity contribution in [2.24, 2.45) is 7.05 Å². The molecule has 4 nitrogen and oxygen atoms in total. The maximum atomic E-state index is 5.61. The number of ether oxygens (including phenoxy) is 1. The fourth-order valence-electron chi connectivity index (χ4n) is 1.40. The highest BCUT2D eigenvalue weighted by atomic mass is 16.5. The van der Waals surface area contributed by atoms with Crippen LogP contribution in [0.4, 0.5) is 0 Å². The second-order valence-electron chi connectivity index (χ2n) is 3.91. The third-order valence-electron chi connectivity index (χ3n) is 2.14. The van der Waals surface area contributed by atoms with Gasteiger partial charge in [-0.1, -0.05) is 6.92 Å². The Morgan fingerprint density at radius 3 is 2.73 bits per heavy atom. The normalized spacial score (nSPS) is 13.4. The van der Waals surface area contributed by atoms with Gasteiger partial charge in [-0.2, -0.15) is 5.10 Å². The minimum absolute atomic E-state index is 0.193. The lowest BCUT2D eigenvalue weighted by Gasteiger charge is -2.17. The van der Waals surface area contributed by atoms with Crippen LogP contribution in [-0.4, -0.2) is 29.0 Å². The van der Waals surface area contributed by atoms with Crippen LogP contribution in [0.15, 0.2) is 12.3 Å². The zero-order valence-electron chi connectivity index (χ0n) is 10.0. The molecule has 1 unspecified atom stereocenters. The van der Waals surface area contributed by atoms with Gasteiger partial charge >= 0.3 is 0 Å². The molecule has 0 saturated carbocycles. The van der Waals surface area contributed by atoms with E-state index in [0.717, 1.165) is 12.2 Å².